The van der Waals surface area contributed by atoms with Crippen molar-refractivity contribution >= 4 is 28.3 Å². The van der Waals surface area contributed by atoms with E-state index < -0.39 is 5.97 Å². The van der Waals surface area contributed by atoms with E-state index in [4.69, 9.17) is 10.5 Å². The lowest BCUT2D eigenvalue weighted by Crippen LogP contribution is -2.22. The first-order valence-corrected chi connectivity index (χ1v) is 7.22. The molecule has 1 saturated heterocycles. The molecule has 1 aromatic rings. The number of nitrogens with two attached hydrogens (primary N) is 1. The van der Waals surface area contributed by atoms with Crippen molar-refractivity contribution in [2.24, 2.45) is 5.92 Å². The second-order valence-corrected chi connectivity index (χ2v) is 5.47. The van der Waals surface area contributed by atoms with Crippen LogP contribution in [0.2, 0.25) is 0 Å². The summed E-state index contributed by atoms with van der Waals surface area (Å²) in [5.41, 5.74) is 6.05. The molecule has 3 N–H and O–H groups in total. The third-order valence-corrected chi connectivity index (χ3v) is 4.30. The van der Waals surface area contributed by atoms with E-state index in [1.165, 1.54) is 25.1 Å². The van der Waals surface area contributed by atoms with Gasteiger partial charge in [0.05, 0.1) is 7.11 Å². The van der Waals surface area contributed by atoms with Crippen LogP contribution >= 0.6 is 11.5 Å². The monoisotopic (exact) mass is 284 g/mol. The number of rotatable bonds is 5. The number of carbonyl (C=O) groups excluding carboxylic acids is 1. The molecule has 7 heteroatoms. The van der Waals surface area contributed by atoms with Gasteiger partial charge >= 0.3 is 5.97 Å². The quantitative estimate of drug-likeness (QED) is 0.793. The minimum absolute atomic E-state index is 0.237. The van der Waals surface area contributed by atoms with Gasteiger partial charge in [-0.3, -0.25) is 0 Å². The zero-order valence-electron chi connectivity index (χ0n) is 11.3. The minimum Gasteiger partial charge on any atom is -0.465 e. The van der Waals surface area contributed by atoms with Crippen molar-refractivity contribution < 1.29 is 9.53 Å². The average Bonchev–Trinajstić information content (AvgIpc) is 3.02. The maximum Gasteiger partial charge on any atom is 0.344 e. The highest BCUT2D eigenvalue weighted by Gasteiger charge is 2.23. The average molecular weight is 284 g/mol. The molecule has 1 aliphatic heterocycles. The molecule has 0 saturated carbocycles. The maximum absolute atomic E-state index is 11.6. The Labute approximate surface area is 117 Å². The number of hydrogen-bond acceptors (Lipinski definition) is 7. The number of ether oxygens (including phenoxy) is 1. The molecule has 1 unspecified atom stereocenters. The highest BCUT2D eigenvalue weighted by molar-refractivity contribution is 7.11. The lowest BCUT2D eigenvalue weighted by atomic mass is 10.1. The molecule has 1 aromatic heterocycles. The molecule has 1 fully saturated rings. The van der Waals surface area contributed by atoms with E-state index in [2.05, 4.69) is 21.5 Å². The standard InChI is InChI=1S/C12H20N4O2S/c1-3-16-5-4-8(7-16)6-14-11-9(12(17)18-2)10(13)15-19-11/h8,14H,3-7H2,1-2H3,(H2,13,15). The first-order valence-electron chi connectivity index (χ1n) is 6.45. The Balaban J connectivity index is 1.95. The maximum atomic E-state index is 11.6. The van der Waals surface area contributed by atoms with Crippen LogP contribution in [0.5, 0.6) is 0 Å². The fraction of sp³-hybridized carbons (Fsp3) is 0.667. The fourth-order valence-corrected chi connectivity index (χ4v) is 3.03. The van der Waals surface area contributed by atoms with E-state index >= 15 is 0 Å². The number of likely N-dealkylation sites (tertiary alicyclic amines) is 1. The van der Waals surface area contributed by atoms with Crippen LogP contribution in [-0.2, 0) is 4.74 Å². The third kappa shape index (κ3) is 3.16. The summed E-state index contributed by atoms with van der Waals surface area (Å²) in [5, 5.41) is 3.99. The normalized spacial score (nSPS) is 19.6. The van der Waals surface area contributed by atoms with Gasteiger partial charge < -0.3 is 20.7 Å². The van der Waals surface area contributed by atoms with Crippen LogP contribution in [0, 0.1) is 5.92 Å². The Morgan fingerprint density at radius 3 is 3.11 bits per heavy atom. The van der Waals surface area contributed by atoms with Gasteiger partial charge in [0.2, 0.25) is 0 Å². The zero-order chi connectivity index (χ0) is 13.8. The lowest BCUT2D eigenvalue weighted by Gasteiger charge is -2.14. The largest absolute Gasteiger partial charge is 0.465 e. The number of methoxy groups -OCH3 is 1. The smallest absolute Gasteiger partial charge is 0.344 e. The minimum atomic E-state index is -0.435. The van der Waals surface area contributed by atoms with Crippen LogP contribution in [0.3, 0.4) is 0 Å². The molecule has 1 atom stereocenters. The summed E-state index contributed by atoms with van der Waals surface area (Å²) in [6, 6.07) is 0. The number of nitrogen functional groups attached to an aromatic ring is 1. The predicted octanol–water partition coefficient (Wildman–Crippen LogP) is 1.27. The first kappa shape index (κ1) is 14.1. The summed E-state index contributed by atoms with van der Waals surface area (Å²) in [6.07, 6.45) is 1.18. The second-order valence-electron chi connectivity index (χ2n) is 4.69. The van der Waals surface area contributed by atoms with E-state index in [9.17, 15) is 4.79 Å². The molecule has 2 rings (SSSR count). The number of nitrogens with zero attached hydrogens (tertiary/aromatic N) is 2. The highest BCUT2D eigenvalue weighted by Crippen LogP contribution is 2.28. The van der Waals surface area contributed by atoms with Gasteiger partial charge in [-0.2, -0.15) is 4.37 Å². The van der Waals surface area contributed by atoms with Crippen LogP contribution in [-0.4, -0.2) is 48.5 Å². The van der Waals surface area contributed by atoms with Crippen molar-refractivity contribution in [2.75, 3.05) is 44.3 Å². The van der Waals surface area contributed by atoms with Gasteiger partial charge in [-0.05, 0) is 37.0 Å². The zero-order valence-corrected chi connectivity index (χ0v) is 12.1. The van der Waals surface area contributed by atoms with E-state index in [1.54, 1.807) is 0 Å². The third-order valence-electron chi connectivity index (χ3n) is 3.48. The van der Waals surface area contributed by atoms with Crippen molar-refractivity contribution in [1.29, 1.82) is 0 Å². The van der Waals surface area contributed by atoms with Crippen molar-refractivity contribution in [3.8, 4) is 0 Å². The molecular weight excluding hydrogens is 264 g/mol. The van der Waals surface area contributed by atoms with Gasteiger partial charge in [-0.1, -0.05) is 6.92 Å². The van der Waals surface area contributed by atoms with Crippen LogP contribution in [0.1, 0.15) is 23.7 Å². The molecule has 0 amide bonds. The Bertz CT molecular complexity index is 449. The van der Waals surface area contributed by atoms with Crippen molar-refractivity contribution in [3.63, 3.8) is 0 Å². The van der Waals surface area contributed by atoms with Crippen molar-refractivity contribution in [2.45, 2.75) is 13.3 Å². The molecule has 0 bridgehead atoms. The summed E-state index contributed by atoms with van der Waals surface area (Å²) >= 11 is 1.21. The summed E-state index contributed by atoms with van der Waals surface area (Å²) < 4.78 is 8.73. The van der Waals surface area contributed by atoms with Crippen molar-refractivity contribution in [3.05, 3.63) is 5.56 Å². The highest BCUT2D eigenvalue weighted by atomic mass is 32.1. The number of aromatic nitrogens is 1. The number of esters is 1. The van der Waals surface area contributed by atoms with Crippen LogP contribution in [0.25, 0.3) is 0 Å². The van der Waals surface area contributed by atoms with Crippen LogP contribution < -0.4 is 11.1 Å². The summed E-state index contributed by atoms with van der Waals surface area (Å²) in [4.78, 5) is 14.1. The molecule has 19 heavy (non-hydrogen) atoms. The first-order chi connectivity index (χ1) is 9.15. The topological polar surface area (TPSA) is 80.5 Å². The number of carbonyl (C=O) groups is 1. The van der Waals surface area contributed by atoms with Gasteiger partial charge in [0.1, 0.15) is 10.6 Å². The van der Waals surface area contributed by atoms with E-state index in [-0.39, 0.29) is 5.82 Å². The molecule has 1 aliphatic rings. The molecule has 0 aromatic carbocycles. The number of hydrogen-bond donors (Lipinski definition) is 2. The van der Waals surface area contributed by atoms with Gasteiger partial charge in [-0.15, -0.1) is 0 Å². The summed E-state index contributed by atoms with van der Waals surface area (Å²) in [5.74, 6) is 0.407. The molecule has 0 aliphatic carbocycles. The predicted molar refractivity (Wildman–Crippen MR) is 76.6 cm³/mol. The van der Waals surface area contributed by atoms with E-state index in [0.29, 0.717) is 16.5 Å². The Hall–Kier alpha value is -1.34. The number of anilines is 2. The molecule has 6 nitrogen and oxygen atoms in total. The van der Waals surface area contributed by atoms with E-state index in [1.807, 2.05) is 0 Å². The van der Waals surface area contributed by atoms with Crippen molar-refractivity contribution in [1.82, 2.24) is 9.27 Å². The molecule has 106 valence electrons. The second kappa shape index (κ2) is 6.21. The van der Waals surface area contributed by atoms with Gasteiger partial charge in [-0.25, -0.2) is 4.79 Å². The summed E-state index contributed by atoms with van der Waals surface area (Å²) in [6.45, 7) is 6.36. The molecule has 0 spiro atoms. The number of nitrogens with one attached hydrogen (secondary N) is 1. The Morgan fingerprint density at radius 1 is 1.68 bits per heavy atom. The Kier molecular flexibility index (Phi) is 4.60. The van der Waals surface area contributed by atoms with Gasteiger partial charge in [0.25, 0.3) is 0 Å². The molecule has 0 radical (unpaired) electrons. The summed E-state index contributed by atoms with van der Waals surface area (Å²) in [7, 11) is 1.35. The Morgan fingerprint density at radius 2 is 2.47 bits per heavy atom. The fourth-order valence-electron chi connectivity index (χ4n) is 2.33. The van der Waals surface area contributed by atoms with Crippen LogP contribution in [0.15, 0.2) is 0 Å². The SMILES string of the molecule is CCN1CCC(CNc2snc(N)c2C(=O)OC)C1. The van der Waals surface area contributed by atoms with Crippen LogP contribution in [0.4, 0.5) is 10.8 Å². The molecular formula is C12H20N4O2S. The van der Waals surface area contributed by atoms with Gasteiger partial charge in [0, 0.05) is 13.1 Å². The lowest BCUT2D eigenvalue weighted by molar-refractivity contribution is 0.0603. The molecule has 2 heterocycles. The van der Waals surface area contributed by atoms with E-state index in [0.717, 1.165) is 26.2 Å². The van der Waals surface area contributed by atoms with Gasteiger partial charge in [0.15, 0.2) is 5.82 Å².